The zero-order chi connectivity index (χ0) is 17.6. The molecule has 1 atom stereocenters. The maximum Gasteiger partial charge on any atom is 0.251 e. The molecule has 1 aliphatic carbocycles. The third-order valence-electron chi connectivity index (χ3n) is 4.90. The summed E-state index contributed by atoms with van der Waals surface area (Å²) in [6, 6.07) is 6.58. The fourth-order valence-corrected chi connectivity index (χ4v) is 4.92. The Balaban J connectivity index is 1.49. The van der Waals surface area contributed by atoms with Crippen molar-refractivity contribution in [2.24, 2.45) is 10.8 Å². The molecular weight excluding hydrogens is 339 g/mol. The van der Waals surface area contributed by atoms with Crippen LogP contribution < -0.4 is 11.5 Å². The number of fused-ring (bicyclic) bond motifs is 3. The highest BCUT2D eigenvalue weighted by atomic mass is 32.1. The molecule has 2 aromatic rings. The Kier molecular flexibility index (Phi) is 3.95. The Bertz CT molecular complexity index is 859. The zero-order valence-corrected chi connectivity index (χ0v) is 14.5. The van der Waals surface area contributed by atoms with E-state index >= 15 is 0 Å². The molecule has 1 aromatic carbocycles. The summed E-state index contributed by atoms with van der Waals surface area (Å²) in [7, 11) is 0. The van der Waals surface area contributed by atoms with Gasteiger partial charge in [-0.1, -0.05) is 12.1 Å². The van der Waals surface area contributed by atoms with Crippen molar-refractivity contribution in [3.8, 4) is 0 Å². The molecule has 0 spiro atoms. The first kappa shape index (κ1) is 16.1. The Morgan fingerprint density at radius 2 is 2.08 bits per heavy atom. The van der Waals surface area contributed by atoms with Crippen molar-refractivity contribution in [3.05, 3.63) is 51.7 Å². The van der Waals surface area contributed by atoms with Gasteiger partial charge in [0.1, 0.15) is 5.82 Å². The molecule has 0 saturated heterocycles. The number of halogens is 1. The monoisotopic (exact) mass is 358 g/mol. The molecule has 4 rings (SSSR count). The highest BCUT2D eigenvalue weighted by molar-refractivity contribution is 7.16. The van der Waals surface area contributed by atoms with Crippen LogP contribution in [0.1, 0.15) is 38.7 Å². The van der Waals surface area contributed by atoms with E-state index in [0.717, 1.165) is 54.1 Å². The van der Waals surface area contributed by atoms with Gasteiger partial charge >= 0.3 is 0 Å². The average molecular weight is 358 g/mol. The van der Waals surface area contributed by atoms with Crippen LogP contribution in [0.15, 0.2) is 29.4 Å². The predicted molar refractivity (Wildman–Crippen MR) is 97.4 cm³/mol. The predicted octanol–water partition coefficient (Wildman–Crippen LogP) is 2.51. The Morgan fingerprint density at radius 3 is 2.80 bits per heavy atom. The molecule has 0 radical (unpaired) electrons. The maximum atomic E-state index is 13.0. The van der Waals surface area contributed by atoms with E-state index in [0.29, 0.717) is 10.6 Å². The first-order chi connectivity index (χ1) is 12.0. The summed E-state index contributed by atoms with van der Waals surface area (Å²) in [6.07, 6.45) is 2.42. The first-order valence-corrected chi connectivity index (χ1v) is 9.12. The number of nitrogens with two attached hydrogens (primary N) is 2. The van der Waals surface area contributed by atoms with E-state index in [1.165, 1.54) is 23.5 Å². The maximum absolute atomic E-state index is 13.0. The summed E-state index contributed by atoms with van der Waals surface area (Å²) in [5.41, 5.74) is 15.3. The number of anilines is 1. The van der Waals surface area contributed by atoms with Gasteiger partial charge in [0, 0.05) is 23.7 Å². The molecule has 1 aromatic heterocycles. The molecule has 130 valence electrons. The fourth-order valence-electron chi connectivity index (χ4n) is 3.67. The van der Waals surface area contributed by atoms with E-state index < -0.39 is 5.91 Å². The van der Waals surface area contributed by atoms with E-state index in [9.17, 15) is 9.18 Å². The van der Waals surface area contributed by atoms with Gasteiger partial charge in [-0.25, -0.2) is 4.39 Å². The lowest BCUT2D eigenvalue weighted by atomic mass is 9.86. The SMILES string of the molecule is NC(=O)c1c(N)sc2c1CCC1=NN(CCc3ccc(F)cc3)CC12. The van der Waals surface area contributed by atoms with E-state index in [2.05, 4.69) is 5.01 Å². The summed E-state index contributed by atoms with van der Waals surface area (Å²) < 4.78 is 13.0. The quantitative estimate of drug-likeness (QED) is 0.881. The number of carbonyl (C=O) groups excluding carboxylic acids is 1. The van der Waals surface area contributed by atoms with Crippen molar-refractivity contribution in [2.75, 3.05) is 18.8 Å². The lowest BCUT2D eigenvalue weighted by molar-refractivity contribution is 0.100. The second-order valence-electron chi connectivity index (χ2n) is 6.48. The van der Waals surface area contributed by atoms with Crippen LogP contribution in [-0.2, 0) is 12.8 Å². The van der Waals surface area contributed by atoms with Crippen molar-refractivity contribution in [1.82, 2.24) is 5.01 Å². The minimum atomic E-state index is -0.443. The topological polar surface area (TPSA) is 84.7 Å². The second-order valence-corrected chi connectivity index (χ2v) is 7.57. The van der Waals surface area contributed by atoms with E-state index in [4.69, 9.17) is 16.6 Å². The van der Waals surface area contributed by atoms with Crippen LogP contribution in [0, 0.1) is 5.82 Å². The van der Waals surface area contributed by atoms with Crippen molar-refractivity contribution in [1.29, 1.82) is 0 Å². The smallest absolute Gasteiger partial charge is 0.251 e. The number of benzene rings is 1. The molecule has 0 saturated carbocycles. The van der Waals surface area contributed by atoms with E-state index in [1.807, 2.05) is 12.1 Å². The molecule has 25 heavy (non-hydrogen) atoms. The van der Waals surface area contributed by atoms with Crippen LogP contribution in [0.25, 0.3) is 0 Å². The van der Waals surface area contributed by atoms with Crippen molar-refractivity contribution in [3.63, 3.8) is 0 Å². The summed E-state index contributed by atoms with van der Waals surface area (Å²) in [4.78, 5) is 12.8. The Hall–Kier alpha value is -2.41. The molecule has 2 aliphatic rings. The molecule has 5 nitrogen and oxygen atoms in total. The summed E-state index contributed by atoms with van der Waals surface area (Å²) in [5.74, 6) is -0.455. The number of amides is 1. The van der Waals surface area contributed by atoms with Crippen LogP contribution >= 0.6 is 11.3 Å². The van der Waals surface area contributed by atoms with Gasteiger partial charge < -0.3 is 11.5 Å². The number of hydrazone groups is 1. The van der Waals surface area contributed by atoms with Crippen LogP contribution in [0.5, 0.6) is 0 Å². The standard InChI is InChI=1S/C18H19FN4OS/c19-11-3-1-10(2-4-11)7-8-23-9-13-14(22-23)6-5-12-15(17(20)24)18(21)25-16(12)13/h1-4,13H,5-9,21H2,(H2,20,24). The van der Waals surface area contributed by atoms with Gasteiger partial charge in [0.15, 0.2) is 0 Å². The van der Waals surface area contributed by atoms with Crippen LogP contribution in [0.4, 0.5) is 9.39 Å². The molecule has 4 N–H and O–H groups in total. The van der Waals surface area contributed by atoms with Crippen molar-refractivity contribution < 1.29 is 9.18 Å². The number of hydrogen-bond acceptors (Lipinski definition) is 5. The second kappa shape index (κ2) is 6.15. The number of nitrogens with zero attached hydrogens (tertiary/aromatic N) is 2. The lowest BCUT2D eigenvalue weighted by Crippen LogP contribution is -2.24. The fraction of sp³-hybridized carbons (Fsp3) is 0.333. The molecule has 2 heterocycles. The van der Waals surface area contributed by atoms with Gasteiger partial charge in [-0.2, -0.15) is 5.10 Å². The molecule has 1 unspecified atom stereocenters. The third kappa shape index (κ3) is 2.89. The highest BCUT2D eigenvalue weighted by Gasteiger charge is 2.36. The van der Waals surface area contributed by atoms with Gasteiger partial charge in [-0.05, 0) is 42.5 Å². The molecule has 0 bridgehead atoms. The van der Waals surface area contributed by atoms with E-state index in [1.54, 1.807) is 0 Å². The van der Waals surface area contributed by atoms with Gasteiger partial charge in [0.2, 0.25) is 0 Å². The van der Waals surface area contributed by atoms with Gasteiger partial charge in [0.25, 0.3) is 5.91 Å². The highest BCUT2D eigenvalue weighted by Crippen LogP contribution is 2.43. The van der Waals surface area contributed by atoms with Gasteiger partial charge in [-0.3, -0.25) is 9.80 Å². The minimum absolute atomic E-state index is 0.206. The summed E-state index contributed by atoms with van der Waals surface area (Å²) in [6.45, 7) is 1.58. The Labute approximate surface area is 149 Å². The number of rotatable bonds is 4. The number of thiophene rings is 1. The molecule has 1 amide bonds. The molecular formula is C18H19FN4OS. The molecule has 0 fully saturated rings. The third-order valence-corrected chi connectivity index (χ3v) is 6.07. The Morgan fingerprint density at radius 1 is 1.32 bits per heavy atom. The minimum Gasteiger partial charge on any atom is -0.390 e. The number of nitrogen functional groups attached to an aromatic ring is 1. The first-order valence-electron chi connectivity index (χ1n) is 8.30. The molecule has 7 heteroatoms. The molecule has 1 aliphatic heterocycles. The average Bonchev–Trinajstić information content (AvgIpc) is 3.13. The van der Waals surface area contributed by atoms with E-state index in [-0.39, 0.29) is 11.7 Å². The number of hydrogen-bond donors (Lipinski definition) is 2. The summed E-state index contributed by atoms with van der Waals surface area (Å²) in [5, 5.41) is 7.34. The van der Waals surface area contributed by atoms with Gasteiger partial charge in [0.05, 0.1) is 16.5 Å². The van der Waals surface area contributed by atoms with Crippen molar-refractivity contribution in [2.45, 2.75) is 25.2 Å². The van der Waals surface area contributed by atoms with Gasteiger partial charge in [-0.15, -0.1) is 11.3 Å². The van der Waals surface area contributed by atoms with Crippen molar-refractivity contribution >= 4 is 28.0 Å². The van der Waals surface area contributed by atoms with Crippen LogP contribution in [0.2, 0.25) is 0 Å². The number of primary amides is 1. The summed E-state index contributed by atoms with van der Waals surface area (Å²) >= 11 is 1.47. The normalized spacial score (nSPS) is 18.7. The van der Waals surface area contributed by atoms with Crippen LogP contribution in [-0.4, -0.2) is 29.7 Å². The zero-order valence-electron chi connectivity index (χ0n) is 13.7. The largest absolute Gasteiger partial charge is 0.390 e. The number of carbonyl (C=O) groups is 1. The van der Waals surface area contributed by atoms with Crippen LogP contribution in [0.3, 0.4) is 0 Å². The lowest BCUT2D eigenvalue weighted by Gasteiger charge is -2.20.